The first kappa shape index (κ1) is 16.5. The van der Waals surface area contributed by atoms with E-state index in [1.165, 1.54) is 12.4 Å². The summed E-state index contributed by atoms with van der Waals surface area (Å²) in [6, 6.07) is 5.26. The van der Waals surface area contributed by atoms with Crippen LogP contribution < -0.4 is 5.32 Å². The summed E-state index contributed by atoms with van der Waals surface area (Å²) in [6.07, 6.45) is 2.94. The zero-order chi connectivity index (χ0) is 16.1. The van der Waals surface area contributed by atoms with Crippen LogP contribution in [0.25, 0.3) is 0 Å². The summed E-state index contributed by atoms with van der Waals surface area (Å²) < 4.78 is 0. The maximum Gasteiger partial charge on any atom is 0.274 e. The molecule has 1 aromatic heterocycles. The second-order valence-corrected chi connectivity index (χ2v) is 5.28. The predicted octanol–water partition coefficient (Wildman–Crippen LogP) is 4.01. The highest BCUT2D eigenvalue weighted by molar-refractivity contribution is 6.43. The summed E-state index contributed by atoms with van der Waals surface area (Å²) >= 11 is 12.1. The first-order valence-corrected chi connectivity index (χ1v) is 7.64. The number of nitrogens with one attached hydrogen (secondary N) is 1. The summed E-state index contributed by atoms with van der Waals surface area (Å²) in [6.45, 7) is 5.11. The average molecular weight is 339 g/mol. The number of halogens is 2. The molecule has 22 heavy (non-hydrogen) atoms. The molecule has 0 atom stereocenters. The number of aromatic nitrogens is 2. The molecule has 0 aliphatic rings. The molecule has 1 amide bonds. The van der Waals surface area contributed by atoms with Crippen LogP contribution in [0.15, 0.2) is 30.6 Å². The molecule has 0 spiro atoms. The van der Waals surface area contributed by atoms with Gasteiger partial charge in [-0.25, -0.2) is 9.97 Å². The van der Waals surface area contributed by atoms with E-state index >= 15 is 0 Å². The Kier molecular flexibility index (Phi) is 5.57. The molecule has 1 aromatic carbocycles. The fourth-order valence-corrected chi connectivity index (χ4v) is 2.26. The molecule has 2 aromatic rings. The maximum absolute atomic E-state index is 12.1. The SMILES string of the molecule is CCN(CC)C(=O)c1cnc(Nc2cccc(Cl)c2Cl)cn1. The van der Waals surface area contributed by atoms with Crippen molar-refractivity contribution in [3.8, 4) is 0 Å². The summed E-state index contributed by atoms with van der Waals surface area (Å²) in [7, 11) is 0. The zero-order valence-electron chi connectivity index (χ0n) is 12.3. The van der Waals surface area contributed by atoms with Gasteiger partial charge < -0.3 is 10.2 Å². The van der Waals surface area contributed by atoms with Crippen LogP contribution in [0.3, 0.4) is 0 Å². The molecule has 0 saturated heterocycles. The molecule has 0 saturated carbocycles. The van der Waals surface area contributed by atoms with Crippen molar-refractivity contribution in [3.63, 3.8) is 0 Å². The second-order valence-electron chi connectivity index (χ2n) is 4.49. The number of carbonyl (C=O) groups is 1. The number of amides is 1. The molecule has 0 radical (unpaired) electrons. The van der Waals surface area contributed by atoms with Gasteiger partial charge in [0.2, 0.25) is 0 Å². The minimum atomic E-state index is -0.134. The molecular weight excluding hydrogens is 323 g/mol. The monoisotopic (exact) mass is 338 g/mol. The Morgan fingerprint density at radius 1 is 1.18 bits per heavy atom. The minimum Gasteiger partial charge on any atom is -0.338 e. The van der Waals surface area contributed by atoms with E-state index in [-0.39, 0.29) is 5.91 Å². The van der Waals surface area contributed by atoms with E-state index in [1.54, 1.807) is 23.1 Å². The molecule has 0 unspecified atom stereocenters. The van der Waals surface area contributed by atoms with E-state index in [9.17, 15) is 4.79 Å². The number of anilines is 2. The molecule has 2 rings (SSSR count). The molecule has 7 heteroatoms. The summed E-state index contributed by atoms with van der Waals surface area (Å²) in [5, 5.41) is 3.88. The lowest BCUT2D eigenvalue weighted by atomic mass is 10.3. The van der Waals surface area contributed by atoms with Crippen molar-refractivity contribution in [2.75, 3.05) is 18.4 Å². The van der Waals surface area contributed by atoms with Gasteiger partial charge in [-0.15, -0.1) is 0 Å². The van der Waals surface area contributed by atoms with Crippen LogP contribution >= 0.6 is 23.2 Å². The lowest BCUT2D eigenvalue weighted by Gasteiger charge is -2.17. The van der Waals surface area contributed by atoms with Crippen molar-refractivity contribution in [3.05, 3.63) is 46.3 Å². The fraction of sp³-hybridized carbons (Fsp3) is 0.267. The van der Waals surface area contributed by atoms with Crippen LogP contribution in [0.4, 0.5) is 11.5 Å². The minimum absolute atomic E-state index is 0.134. The van der Waals surface area contributed by atoms with E-state index in [4.69, 9.17) is 23.2 Å². The van der Waals surface area contributed by atoms with Gasteiger partial charge in [0.05, 0.1) is 28.1 Å². The molecular formula is C15H16Cl2N4O. The molecule has 5 nitrogen and oxygen atoms in total. The van der Waals surface area contributed by atoms with Crippen molar-refractivity contribution in [1.82, 2.24) is 14.9 Å². The van der Waals surface area contributed by atoms with Crippen LogP contribution in [0.5, 0.6) is 0 Å². The third-order valence-corrected chi connectivity index (χ3v) is 3.95. The van der Waals surface area contributed by atoms with E-state index in [0.717, 1.165) is 0 Å². The number of carbonyl (C=O) groups excluding carboxylic acids is 1. The normalized spacial score (nSPS) is 10.4. The third kappa shape index (κ3) is 3.67. The number of benzene rings is 1. The van der Waals surface area contributed by atoms with Crippen LogP contribution in [0, 0.1) is 0 Å². The summed E-state index contributed by atoms with van der Waals surface area (Å²) in [4.78, 5) is 22.2. The lowest BCUT2D eigenvalue weighted by molar-refractivity contribution is 0.0766. The van der Waals surface area contributed by atoms with E-state index in [2.05, 4.69) is 15.3 Å². The highest BCUT2D eigenvalue weighted by Gasteiger charge is 2.14. The van der Waals surface area contributed by atoms with Gasteiger partial charge in [-0.05, 0) is 26.0 Å². The van der Waals surface area contributed by atoms with Crippen LogP contribution in [0.1, 0.15) is 24.3 Å². The van der Waals surface area contributed by atoms with E-state index in [0.29, 0.717) is 40.3 Å². The van der Waals surface area contributed by atoms with Gasteiger partial charge in [0, 0.05) is 13.1 Å². The van der Waals surface area contributed by atoms with Gasteiger partial charge in [-0.2, -0.15) is 0 Å². The quantitative estimate of drug-likeness (QED) is 0.894. The standard InChI is InChI=1S/C15H16Cl2N4O/c1-3-21(4-2)15(22)12-8-19-13(9-18-12)20-11-7-5-6-10(16)14(11)17/h5-9H,3-4H2,1-2H3,(H,19,20). The number of rotatable bonds is 5. The molecule has 0 aliphatic heterocycles. The zero-order valence-corrected chi connectivity index (χ0v) is 13.8. The molecule has 116 valence electrons. The Morgan fingerprint density at radius 2 is 1.91 bits per heavy atom. The van der Waals surface area contributed by atoms with Gasteiger partial charge in [-0.1, -0.05) is 29.3 Å². The van der Waals surface area contributed by atoms with Crippen molar-refractivity contribution < 1.29 is 4.79 Å². The average Bonchev–Trinajstić information content (AvgIpc) is 2.53. The Labute approximate surface area is 139 Å². The number of hydrogen-bond donors (Lipinski definition) is 1. The predicted molar refractivity (Wildman–Crippen MR) is 89.0 cm³/mol. The Bertz CT molecular complexity index is 657. The van der Waals surface area contributed by atoms with Crippen LogP contribution in [-0.4, -0.2) is 33.9 Å². The first-order valence-electron chi connectivity index (χ1n) is 6.89. The van der Waals surface area contributed by atoms with Gasteiger partial charge in [-0.3, -0.25) is 4.79 Å². The van der Waals surface area contributed by atoms with Crippen molar-refractivity contribution in [2.45, 2.75) is 13.8 Å². The Hall–Kier alpha value is -1.85. The summed E-state index contributed by atoms with van der Waals surface area (Å²) in [5.74, 6) is 0.352. The molecule has 1 N–H and O–H groups in total. The lowest BCUT2D eigenvalue weighted by Crippen LogP contribution is -2.31. The topological polar surface area (TPSA) is 58.1 Å². The van der Waals surface area contributed by atoms with Crippen LogP contribution in [-0.2, 0) is 0 Å². The first-order chi connectivity index (χ1) is 10.6. The van der Waals surface area contributed by atoms with Gasteiger partial charge >= 0.3 is 0 Å². The highest BCUT2D eigenvalue weighted by Crippen LogP contribution is 2.31. The number of nitrogens with zero attached hydrogens (tertiary/aromatic N) is 3. The molecule has 1 heterocycles. The fourth-order valence-electron chi connectivity index (χ4n) is 1.91. The largest absolute Gasteiger partial charge is 0.338 e. The number of hydrogen-bond acceptors (Lipinski definition) is 4. The van der Waals surface area contributed by atoms with Crippen molar-refractivity contribution >= 4 is 40.6 Å². The Morgan fingerprint density at radius 3 is 2.50 bits per heavy atom. The van der Waals surface area contributed by atoms with Crippen molar-refractivity contribution in [1.29, 1.82) is 0 Å². The van der Waals surface area contributed by atoms with E-state index < -0.39 is 0 Å². The van der Waals surface area contributed by atoms with Crippen LogP contribution in [0.2, 0.25) is 10.0 Å². The van der Waals surface area contributed by atoms with Crippen molar-refractivity contribution in [2.24, 2.45) is 0 Å². The highest BCUT2D eigenvalue weighted by atomic mass is 35.5. The smallest absolute Gasteiger partial charge is 0.274 e. The van der Waals surface area contributed by atoms with Gasteiger partial charge in [0.1, 0.15) is 11.5 Å². The second kappa shape index (κ2) is 7.42. The molecule has 0 aliphatic carbocycles. The summed E-state index contributed by atoms with van der Waals surface area (Å²) in [5.41, 5.74) is 0.942. The molecule has 0 bridgehead atoms. The molecule has 0 fully saturated rings. The van der Waals surface area contributed by atoms with Gasteiger partial charge in [0.25, 0.3) is 5.91 Å². The van der Waals surface area contributed by atoms with Gasteiger partial charge in [0.15, 0.2) is 0 Å². The Balaban J connectivity index is 2.15. The third-order valence-electron chi connectivity index (χ3n) is 3.14. The maximum atomic E-state index is 12.1. The van der Waals surface area contributed by atoms with E-state index in [1.807, 2.05) is 13.8 Å².